The van der Waals surface area contributed by atoms with E-state index in [1.54, 1.807) is 14.1 Å². The van der Waals surface area contributed by atoms with Gasteiger partial charge >= 0.3 is 5.69 Å². The summed E-state index contributed by atoms with van der Waals surface area (Å²) < 4.78 is 2.35. The van der Waals surface area contributed by atoms with Gasteiger partial charge in [-0.3, -0.25) is 14.2 Å². The first-order valence-electron chi connectivity index (χ1n) is 6.98. The molecule has 0 aromatic carbocycles. The van der Waals surface area contributed by atoms with Crippen LogP contribution < -0.4 is 17.0 Å². The highest BCUT2D eigenvalue weighted by Crippen LogP contribution is 2.15. The Morgan fingerprint density at radius 1 is 1.29 bits per heavy atom. The SMILES string of the molecule is CCC(N)(CC)C(=O)N(C)Cc1cn(C)c(=O)n(C)c1=O. The summed E-state index contributed by atoms with van der Waals surface area (Å²) in [7, 11) is 4.60. The molecular formula is C14H24N4O3. The molecule has 0 atom stereocenters. The van der Waals surface area contributed by atoms with Crippen molar-refractivity contribution in [2.75, 3.05) is 7.05 Å². The average molecular weight is 296 g/mol. The van der Waals surface area contributed by atoms with Crippen LogP contribution in [0.4, 0.5) is 0 Å². The predicted molar refractivity (Wildman–Crippen MR) is 80.9 cm³/mol. The van der Waals surface area contributed by atoms with Gasteiger partial charge in [-0.1, -0.05) is 13.8 Å². The average Bonchev–Trinajstić information content (AvgIpc) is 2.48. The molecular weight excluding hydrogens is 272 g/mol. The molecule has 0 aliphatic carbocycles. The molecule has 0 saturated carbocycles. The fraction of sp³-hybridized carbons (Fsp3) is 0.643. The van der Waals surface area contributed by atoms with Gasteiger partial charge in [-0.05, 0) is 12.8 Å². The van der Waals surface area contributed by atoms with Crippen molar-refractivity contribution < 1.29 is 4.79 Å². The lowest BCUT2D eigenvalue weighted by molar-refractivity contribution is -0.136. The molecule has 0 radical (unpaired) electrons. The number of hydrogen-bond donors (Lipinski definition) is 1. The fourth-order valence-electron chi connectivity index (χ4n) is 2.25. The first kappa shape index (κ1) is 17.2. The Balaban J connectivity index is 3.10. The first-order chi connectivity index (χ1) is 9.67. The van der Waals surface area contributed by atoms with E-state index in [4.69, 9.17) is 5.73 Å². The Labute approximate surface area is 124 Å². The molecule has 0 aliphatic rings. The Bertz CT molecular complexity index is 641. The van der Waals surface area contributed by atoms with Crippen molar-refractivity contribution in [2.24, 2.45) is 19.8 Å². The predicted octanol–water partition coefficient (Wildman–Crippen LogP) is -0.440. The molecule has 1 aromatic rings. The fourth-order valence-corrected chi connectivity index (χ4v) is 2.25. The summed E-state index contributed by atoms with van der Waals surface area (Å²) in [5, 5.41) is 0. The van der Waals surface area contributed by atoms with Crippen LogP contribution in [0.3, 0.4) is 0 Å². The maximum atomic E-state index is 12.4. The molecule has 1 rings (SSSR count). The van der Waals surface area contributed by atoms with Gasteiger partial charge in [0.1, 0.15) is 0 Å². The summed E-state index contributed by atoms with van der Waals surface area (Å²) in [6.45, 7) is 3.85. The van der Waals surface area contributed by atoms with Gasteiger partial charge in [0.15, 0.2) is 0 Å². The Hall–Kier alpha value is -1.89. The van der Waals surface area contributed by atoms with Crippen LogP contribution in [0.25, 0.3) is 0 Å². The largest absolute Gasteiger partial charge is 0.340 e. The summed E-state index contributed by atoms with van der Waals surface area (Å²) in [4.78, 5) is 37.5. The number of amides is 1. The highest BCUT2D eigenvalue weighted by Gasteiger charge is 2.32. The van der Waals surface area contributed by atoms with Crippen LogP contribution >= 0.6 is 0 Å². The van der Waals surface area contributed by atoms with Crippen LogP contribution in [0.1, 0.15) is 32.3 Å². The minimum Gasteiger partial charge on any atom is -0.340 e. The number of carbonyl (C=O) groups is 1. The van der Waals surface area contributed by atoms with Crippen molar-refractivity contribution >= 4 is 5.91 Å². The third-order valence-corrected chi connectivity index (χ3v) is 3.96. The summed E-state index contributed by atoms with van der Waals surface area (Å²) in [5.74, 6) is -0.205. The van der Waals surface area contributed by atoms with E-state index in [1.807, 2.05) is 13.8 Å². The second-order valence-electron chi connectivity index (χ2n) is 5.44. The van der Waals surface area contributed by atoms with Gasteiger partial charge in [0.25, 0.3) is 5.56 Å². The highest BCUT2D eigenvalue weighted by molar-refractivity contribution is 5.85. The highest BCUT2D eigenvalue weighted by atomic mass is 16.2. The lowest BCUT2D eigenvalue weighted by Crippen LogP contribution is -2.53. The number of likely N-dealkylation sites (N-methyl/N-ethyl adjacent to an activating group) is 1. The molecule has 1 heterocycles. The monoisotopic (exact) mass is 296 g/mol. The Morgan fingerprint density at radius 2 is 1.81 bits per heavy atom. The number of hydrogen-bond acceptors (Lipinski definition) is 4. The van der Waals surface area contributed by atoms with Gasteiger partial charge < -0.3 is 15.2 Å². The van der Waals surface area contributed by atoms with E-state index in [0.717, 1.165) is 4.57 Å². The van der Waals surface area contributed by atoms with Crippen molar-refractivity contribution in [2.45, 2.75) is 38.8 Å². The van der Waals surface area contributed by atoms with Crippen LogP contribution in [0.5, 0.6) is 0 Å². The molecule has 0 fully saturated rings. The quantitative estimate of drug-likeness (QED) is 0.797. The van der Waals surface area contributed by atoms with E-state index in [9.17, 15) is 14.4 Å². The van der Waals surface area contributed by atoms with Crippen molar-refractivity contribution in [1.29, 1.82) is 0 Å². The van der Waals surface area contributed by atoms with Gasteiger partial charge in [-0.2, -0.15) is 0 Å². The van der Waals surface area contributed by atoms with Crippen molar-refractivity contribution in [3.05, 3.63) is 32.6 Å². The summed E-state index contributed by atoms with van der Waals surface area (Å²) in [6.07, 6.45) is 2.51. The molecule has 0 spiro atoms. The molecule has 7 nitrogen and oxygen atoms in total. The van der Waals surface area contributed by atoms with Gasteiger partial charge in [-0.15, -0.1) is 0 Å². The molecule has 1 amide bonds. The zero-order valence-electron chi connectivity index (χ0n) is 13.3. The number of aryl methyl sites for hydroxylation is 1. The van der Waals surface area contributed by atoms with Gasteiger partial charge in [-0.25, -0.2) is 4.79 Å². The summed E-state index contributed by atoms with van der Waals surface area (Å²) >= 11 is 0. The van der Waals surface area contributed by atoms with Gasteiger partial charge in [0.2, 0.25) is 5.91 Å². The minimum absolute atomic E-state index is 0.124. The van der Waals surface area contributed by atoms with Crippen LogP contribution in [-0.2, 0) is 25.4 Å². The van der Waals surface area contributed by atoms with Crippen molar-refractivity contribution in [3.63, 3.8) is 0 Å². The third kappa shape index (κ3) is 3.24. The maximum absolute atomic E-state index is 12.4. The second-order valence-corrected chi connectivity index (χ2v) is 5.44. The van der Waals surface area contributed by atoms with Crippen molar-refractivity contribution in [1.82, 2.24) is 14.0 Å². The van der Waals surface area contributed by atoms with Crippen LogP contribution in [-0.4, -0.2) is 32.5 Å². The molecule has 118 valence electrons. The summed E-state index contributed by atoms with van der Waals surface area (Å²) in [5.41, 5.74) is 4.76. The van der Waals surface area contributed by atoms with E-state index >= 15 is 0 Å². The first-order valence-corrected chi connectivity index (χ1v) is 6.98. The van der Waals surface area contributed by atoms with E-state index in [1.165, 1.54) is 22.7 Å². The number of nitrogens with two attached hydrogens (primary N) is 1. The number of nitrogens with zero attached hydrogens (tertiary/aromatic N) is 3. The lowest BCUT2D eigenvalue weighted by atomic mass is 9.92. The Kier molecular flexibility index (Phi) is 5.11. The number of rotatable bonds is 5. The zero-order valence-corrected chi connectivity index (χ0v) is 13.3. The normalized spacial score (nSPS) is 11.5. The number of carbonyl (C=O) groups excluding carboxylic acids is 1. The molecule has 21 heavy (non-hydrogen) atoms. The molecule has 1 aromatic heterocycles. The maximum Gasteiger partial charge on any atom is 0.330 e. The van der Waals surface area contributed by atoms with E-state index in [-0.39, 0.29) is 12.5 Å². The lowest BCUT2D eigenvalue weighted by Gasteiger charge is -2.30. The van der Waals surface area contributed by atoms with Crippen LogP contribution in [0, 0.1) is 0 Å². The van der Waals surface area contributed by atoms with E-state index < -0.39 is 16.8 Å². The standard InChI is InChI=1S/C14H24N4O3/c1-6-14(15,7-2)12(20)16(3)8-10-9-17(4)13(21)18(5)11(10)19/h9H,6-8,15H2,1-5H3. The Morgan fingerprint density at radius 3 is 2.29 bits per heavy atom. The summed E-state index contributed by atoms with van der Waals surface area (Å²) in [6, 6.07) is 0. The van der Waals surface area contributed by atoms with Crippen molar-refractivity contribution in [3.8, 4) is 0 Å². The smallest absolute Gasteiger partial charge is 0.330 e. The molecule has 0 aliphatic heterocycles. The molecule has 0 saturated heterocycles. The zero-order chi connectivity index (χ0) is 16.4. The molecule has 2 N–H and O–H groups in total. The number of aromatic nitrogens is 2. The van der Waals surface area contributed by atoms with E-state index in [0.29, 0.717) is 18.4 Å². The molecule has 0 bridgehead atoms. The molecule has 7 heteroatoms. The van der Waals surface area contributed by atoms with Gasteiger partial charge in [0.05, 0.1) is 17.6 Å². The van der Waals surface area contributed by atoms with Crippen LogP contribution in [0.2, 0.25) is 0 Å². The second kappa shape index (κ2) is 6.26. The third-order valence-electron chi connectivity index (χ3n) is 3.96. The van der Waals surface area contributed by atoms with Crippen LogP contribution in [0.15, 0.2) is 15.8 Å². The minimum atomic E-state index is -0.916. The molecule has 0 unspecified atom stereocenters. The van der Waals surface area contributed by atoms with Gasteiger partial charge in [0, 0.05) is 27.3 Å². The topological polar surface area (TPSA) is 90.3 Å². The van der Waals surface area contributed by atoms with E-state index in [2.05, 4.69) is 0 Å².